The molecular weight excluding hydrogens is 456 g/mol. The summed E-state index contributed by atoms with van der Waals surface area (Å²) in [5.41, 5.74) is 10.2. The van der Waals surface area contributed by atoms with Gasteiger partial charge in [0.05, 0.1) is 17.4 Å². The number of rotatable bonds is 6. The highest BCUT2D eigenvalue weighted by Crippen LogP contribution is 2.25. The molecule has 0 aliphatic heterocycles. The zero-order valence-electron chi connectivity index (χ0n) is 25.3. The first-order chi connectivity index (χ1) is 17.6. The number of nitrogens with one attached hydrogen (secondary N) is 1. The van der Waals surface area contributed by atoms with Crippen molar-refractivity contribution in [1.29, 1.82) is 0 Å². The fourth-order valence-corrected chi connectivity index (χ4v) is 3.63. The van der Waals surface area contributed by atoms with Crippen molar-refractivity contribution < 1.29 is 0 Å². The Morgan fingerprint density at radius 2 is 1.73 bits per heavy atom. The van der Waals surface area contributed by atoms with E-state index in [2.05, 4.69) is 92.5 Å². The van der Waals surface area contributed by atoms with Crippen LogP contribution in [0.3, 0.4) is 0 Å². The van der Waals surface area contributed by atoms with Gasteiger partial charge in [-0.05, 0) is 95.5 Å². The molecule has 37 heavy (non-hydrogen) atoms. The molecule has 0 aromatic carbocycles. The third-order valence-corrected chi connectivity index (χ3v) is 5.32. The second-order valence-electron chi connectivity index (χ2n) is 10.4. The highest BCUT2D eigenvalue weighted by atomic mass is 15.3. The minimum Gasteiger partial charge on any atom is -0.405 e. The van der Waals surface area contributed by atoms with Crippen molar-refractivity contribution in [3.05, 3.63) is 60.2 Å². The lowest BCUT2D eigenvalue weighted by Crippen LogP contribution is -2.26. The van der Waals surface area contributed by atoms with E-state index in [0.717, 1.165) is 41.1 Å². The summed E-state index contributed by atoms with van der Waals surface area (Å²) in [6.45, 7) is 24.2. The van der Waals surface area contributed by atoms with E-state index in [1.165, 1.54) is 43.0 Å². The van der Waals surface area contributed by atoms with E-state index in [-0.39, 0.29) is 0 Å². The van der Waals surface area contributed by atoms with Crippen LogP contribution in [0, 0.1) is 11.8 Å². The predicted octanol–water partition coefficient (Wildman–Crippen LogP) is 8.37. The number of anilines is 1. The number of allylic oxidation sites excluding steroid dienone is 3. The van der Waals surface area contributed by atoms with Crippen LogP contribution in [0.2, 0.25) is 0 Å². The zero-order valence-corrected chi connectivity index (χ0v) is 25.3. The van der Waals surface area contributed by atoms with Gasteiger partial charge in [-0.3, -0.25) is 4.99 Å². The maximum absolute atomic E-state index is 4.66. The number of hydrogen-bond acceptors (Lipinski definition) is 5. The van der Waals surface area contributed by atoms with Crippen molar-refractivity contribution in [2.75, 3.05) is 5.32 Å². The Morgan fingerprint density at radius 1 is 1.16 bits per heavy atom. The monoisotopic (exact) mass is 510 g/mol. The molecule has 1 fully saturated rings. The zero-order chi connectivity index (χ0) is 28.4. The summed E-state index contributed by atoms with van der Waals surface area (Å²) in [5.74, 6) is 2.41. The molecule has 2 heterocycles. The summed E-state index contributed by atoms with van der Waals surface area (Å²) in [5, 5.41) is 8.17. The van der Waals surface area contributed by atoms with Gasteiger partial charge in [0.25, 0.3) is 0 Å². The van der Waals surface area contributed by atoms with Gasteiger partial charge in [0, 0.05) is 18.0 Å². The molecule has 2 aromatic heterocycles. The summed E-state index contributed by atoms with van der Waals surface area (Å²) in [4.78, 5) is 9.17. The topological polar surface area (TPSA) is 80.6 Å². The molecule has 3 N–H and O–H groups in total. The molecule has 1 aliphatic carbocycles. The first kappa shape index (κ1) is 34.1. The van der Waals surface area contributed by atoms with Gasteiger partial charge in [0.1, 0.15) is 0 Å². The Kier molecular flexibility index (Phi) is 17.7. The molecule has 6 heteroatoms. The lowest BCUT2D eigenvalue weighted by molar-refractivity contribution is 0.360. The van der Waals surface area contributed by atoms with E-state index in [1.54, 1.807) is 0 Å². The molecule has 0 atom stereocenters. The van der Waals surface area contributed by atoms with Crippen LogP contribution < -0.4 is 11.1 Å². The maximum atomic E-state index is 4.66. The third kappa shape index (κ3) is 14.4. The van der Waals surface area contributed by atoms with Crippen LogP contribution >= 0.6 is 0 Å². The Bertz CT molecular complexity index is 978. The summed E-state index contributed by atoms with van der Waals surface area (Å²) in [6.07, 6.45) is 15.3. The summed E-state index contributed by atoms with van der Waals surface area (Å²) < 4.78 is 1.93. The SMILES string of the molecule is C=CN.CC.CC(C)=NC(/C=C\Cc1ccn2nc(NC3CCC(C)CC3)ncc12)=C(C)C.CC(C)C. The van der Waals surface area contributed by atoms with Gasteiger partial charge in [-0.25, -0.2) is 9.50 Å². The molecule has 208 valence electrons. The molecule has 3 rings (SSSR count). The van der Waals surface area contributed by atoms with E-state index < -0.39 is 0 Å². The number of aliphatic imine (C=N–C) groups is 1. The van der Waals surface area contributed by atoms with Crippen molar-refractivity contribution >= 4 is 17.2 Å². The highest BCUT2D eigenvalue weighted by molar-refractivity contribution is 5.80. The van der Waals surface area contributed by atoms with Gasteiger partial charge in [-0.1, -0.05) is 59.8 Å². The van der Waals surface area contributed by atoms with Gasteiger partial charge in [0.15, 0.2) is 0 Å². The Balaban J connectivity index is 0.00000126. The summed E-state index contributed by atoms with van der Waals surface area (Å²) in [6, 6.07) is 2.62. The molecule has 0 amide bonds. The molecule has 0 unspecified atom stereocenters. The second-order valence-corrected chi connectivity index (χ2v) is 10.4. The predicted molar refractivity (Wildman–Crippen MR) is 164 cm³/mol. The van der Waals surface area contributed by atoms with E-state index in [1.807, 2.05) is 44.6 Å². The van der Waals surface area contributed by atoms with Crippen LogP contribution in [-0.4, -0.2) is 26.4 Å². The fourth-order valence-electron chi connectivity index (χ4n) is 3.63. The molecule has 0 bridgehead atoms. The third-order valence-electron chi connectivity index (χ3n) is 5.32. The first-order valence-corrected chi connectivity index (χ1v) is 13.9. The van der Waals surface area contributed by atoms with Gasteiger partial charge >= 0.3 is 0 Å². The van der Waals surface area contributed by atoms with Crippen LogP contribution in [0.4, 0.5) is 5.95 Å². The molecule has 0 spiro atoms. The summed E-state index contributed by atoms with van der Waals surface area (Å²) in [7, 11) is 0. The standard InChI is InChI=1S/C23H33N5.C4H10.C2H5N.C2H6/c1-16(2)21(25-17(3)4)8-6-7-19-13-14-28-22(19)15-24-23(27-28)26-20-11-9-18(5)10-12-20;1-4(2)3;1-2-3;1-2/h6,8,13-15,18,20H,7,9-12H2,1-5H3,(H,26,27);4H,1-3H3;2H,1,3H2;1-2H3/b8-6-;;;. The van der Waals surface area contributed by atoms with Gasteiger partial charge in [-0.2, -0.15) is 0 Å². The van der Waals surface area contributed by atoms with Crippen LogP contribution in [0.5, 0.6) is 0 Å². The minimum atomic E-state index is 0.497. The van der Waals surface area contributed by atoms with Gasteiger partial charge < -0.3 is 11.1 Å². The van der Waals surface area contributed by atoms with Crippen molar-refractivity contribution in [2.45, 2.75) is 107 Å². The fraction of sp³-hybridized carbons (Fsp3) is 0.581. The second kappa shape index (κ2) is 19.3. The van der Waals surface area contributed by atoms with E-state index >= 15 is 0 Å². The van der Waals surface area contributed by atoms with E-state index in [0.29, 0.717) is 6.04 Å². The van der Waals surface area contributed by atoms with Crippen molar-refractivity contribution in [3.8, 4) is 0 Å². The normalized spacial score (nSPS) is 16.4. The van der Waals surface area contributed by atoms with Gasteiger partial charge in [-0.15, -0.1) is 5.10 Å². The molecule has 0 radical (unpaired) electrons. The largest absolute Gasteiger partial charge is 0.405 e. The van der Waals surface area contributed by atoms with E-state index in [4.69, 9.17) is 0 Å². The highest BCUT2D eigenvalue weighted by Gasteiger charge is 2.18. The summed E-state index contributed by atoms with van der Waals surface area (Å²) >= 11 is 0. The average Bonchev–Trinajstić information content (AvgIpc) is 3.23. The van der Waals surface area contributed by atoms with Crippen LogP contribution in [0.1, 0.15) is 100 Å². The Morgan fingerprint density at radius 3 is 2.24 bits per heavy atom. The smallest absolute Gasteiger partial charge is 0.241 e. The van der Waals surface area contributed by atoms with Crippen LogP contribution in [-0.2, 0) is 6.42 Å². The lowest BCUT2D eigenvalue weighted by atomic mass is 9.87. The molecule has 0 saturated heterocycles. The first-order valence-electron chi connectivity index (χ1n) is 13.9. The van der Waals surface area contributed by atoms with Crippen LogP contribution in [0.25, 0.3) is 5.52 Å². The van der Waals surface area contributed by atoms with Gasteiger partial charge in [0.2, 0.25) is 5.95 Å². The average molecular weight is 511 g/mol. The number of fused-ring (bicyclic) bond motifs is 1. The lowest BCUT2D eigenvalue weighted by Gasteiger charge is -2.26. The Labute approximate surface area is 227 Å². The van der Waals surface area contributed by atoms with E-state index in [9.17, 15) is 0 Å². The quantitative estimate of drug-likeness (QED) is 0.302. The molecule has 1 saturated carbocycles. The van der Waals surface area contributed by atoms with Crippen LogP contribution in [0.15, 0.2) is 59.7 Å². The molecule has 1 aliphatic rings. The van der Waals surface area contributed by atoms with Crippen molar-refractivity contribution in [1.82, 2.24) is 14.6 Å². The molecular formula is C31H54N6. The van der Waals surface area contributed by atoms with Crippen molar-refractivity contribution in [2.24, 2.45) is 22.6 Å². The minimum absolute atomic E-state index is 0.497. The maximum Gasteiger partial charge on any atom is 0.241 e. The Hall–Kier alpha value is -2.89. The molecule has 2 aromatic rings. The number of aromatic nitrogens is 3. The number of hydrogen-bond donors (Lipinski definition) is 2. The van der Waals surface area contributed by atoms with Crippen molar-refractivity contribution in [3.63, 3.8) is 0 Å². The molecule has 6 nitrogen and oxygen atoms in total. The number of nitrogens with two attached hydrogens (primary N) is 1. The number of nitrogens with zero attached hydrogens (tertiary/aromatic N) is 4.